The Balaban J connectivity index is 1.95. The third-order valence-corrected chi connectivity index (χ3v) is 3.96. The van der Waals surface area contributed by atoms with Crippen LogP contribution in [0.15, 0.2) is 12.4 Å². The predicted molar refractivity (Wildman–Crippen MR) is 60.4 cm³/mol. The van der Waals surface area contributed by atoms with Crippen LogP contribution < -0.4 is 11.1 Å². The van der Waals surface area contributed by atoms with E-state index in [1.54, 1.807) is 12.4 Å². The number of nitrogen functional groups attached to an aromatic ring is 1. The van der Waals surface area contributed by atoms with Gasteiger partial charge in [0.05, 0.1) is 0 Å². The molecule has 1 heterocycles. The van der Waals surface area contributed by atoms with Crippen LogP contribution in [0.2, 0.25) is 0 Å². The lowest BCUT2D eigenvalue weighted by atomic mass is 10.4. The van der Waals surface area contributed by atoms with Crippen LogP contribution in [0.3, 0.4) is 0 Å². The van der Waals surface area contributed by atoms with E-state index in [0.717, 1.165) is 6.54 Å². The third-order valence-electron chi connectivity index (χ3n) is 2.55. The van der Waals surface area contributed by atoms with Crippen molar-refractivity contribution in [1.82, 2.24) is 9.97 Å². The van der Waals surface area contributed by atoms with E-state index in [1.165, 1.54) is 12.8 Å². The first kappa shape index (κ1) is 9.58. The lowest BCUT2D eigenvalue weighted by molar-refractivity contribution is 0.938. The van der Waals surface area contributed by atoms with Gasteiger partial charge in [-0.15, -0.1) is 0 Å². The fourth-order valence-corrected chi connectivity index (χ4v) is 2.05. The number of aromatic nitrogens is 2. The van der Waals surface area contributed by atoms with Crippen molar-refractivity contribution < 1.29 is 0 Å². The van der Waals surface area contributed by atoms with E-state index in [2.05, 4.69) is 21.5 Å². The molecule has 0 amide bonds. The van der Waals surface area contributed by atoms with Gasteiger partial charge in [0.25, 0.3) is 0 Å². The van der Waals surface area contributed by atoms with Crippen LogP contribution >= 0.6 is 11.8 Å². The standard InChI is InChI=1S/C9H14N4S/c1-14-9(2-3-9)6-13-8-7(10)11-4-5-12-8/h4-5H,2-3,6H2,1H3,(H2,10,11)(H,12,13). The molecule has 1 saturated carbocycles. The van der Waals surface area contributed by atoms with E-state index in [9.17, 15) is 0 Å². The Morgan fingerprint density at radius 2 is 2.21 bits per heavy atom. The van der Waals surface area contributed by atoms with Gasteiger partial charge >= 0.3 is 0 Å². The lowest BCUT2D eigenvalue weighted by Gasteiger charge is -2.13. The van der Waals surface area contributed by atoms with Gasteiger partial charge in [0.2, 0.25) is 0 Å². The number of thioether (sulfide) groups is 1. The molecular weight excluding hydrogens is 196 g/mol. The number of hydrogen-bond acceptors (Lipinski definition) is 5. The van der Waals surface area contributed by atoms with Gasteiger partial charge in [0.15, 0.2) is 11.6 Å². The summed E-state index contributed by atoms with van der Waals surface area (Å²) < 4.78 is 0.421. The van der Waals surface area contributed by atoms with Crippen molar-refractivity contribution in [2.75, 3.05) is 23.9 Å². The van der Waals surface area contributed by atoms with Crippen molar-refractivity contribution in [3.8, 4) is 0 Å². The predicted octanol–water partition coefficient (Wildman–Crippen LogP) is 1.37. The summed E-state index contributed by atoms with van der Waals surface area (Å²) in [4.78, 5) is 8.11. The van der Waals surface area contributed by atoms with Crippen LogP contribution in [0.5, 0.6) is 0 Å². The van der Waals surface area contributed by atoms with Gasteiger partial charge in [-0.3, -0.25) is 0 Å². The highest BCUT2D eigenvalue weighted by Crippen LogP contribution is 2.47. The monoisotopic (exact) mass is 210 g/mol. The Morgan fingerprint density at radius 1 is 1.50 bits per heavy atom. The maximum absolute atomic E-state index is 5.67. The first-order valence-corrected chi connectivity index (χ1v) is 5.84. The smallest absolute Gasteiger partial charge is 0.168 e. The van der Waals surface area contributed by atoms with Crippen molar-refractivity contribution >= 4 is 23.4 Å². The maximum Gasteiger partial charge on any atom is 0.168 e. The van der Waals surface area contributed by atoms with Gasteiger partial charge in [-0.05, 0) is 19.1 Å². The van der Waals surface area contributed by atoms with E-state index in [0.29, 0.717) is 16.4 Å². The molecule has 1 aliphatic rings. The average molecular weight is 210 g/mol. The minimum atomic E-state index is 0.421. The first-order chi connectivity index (χ1) is 6.76. The number of nitrogens with two attached hydrogens (primary N) is 1. The molecule has 5 heteroatoms. The van der Waals surface area contributed by atoms with Crippen molar-refractivity contribution in [3.63, 3.8) is 0 Å². The Morgan fingerprint density at radius 3 is 2.79 bits per heavy atom. The van der Waals surface area contributed by atoms with E-state index in [1.807, 2.05) is 11.8 Å². The van der Waals surface area contributed by atoms with Crippen LogP contribution in [0, 0.1) is 0 Å². The zero-order chi connectivity index (χ0) is 10.0. The summed E-state index contributed by atoms with van der Waals surface area (Å²) >= 11 is 1.91. The summed E-state index contributed by atoms with van der Waals surface area (Å²) in [5.41, 5.74) is 5.67. The van der Waals surface area contributed by atoms with Crippen LogP contribution in [-0.4, -0.2) is 27.5 Å². The summed E-state index contributed by atoms with van der Waals surface area (Å²) in [6, 6.07) is 0. The summed E-state index contributed by atoms with van der Waals surface area (Å²) in [5.74, 6) is 1.18. The van der Waals surface area contributed by atoms with Gasteiger partial charge < -0.3 is 11.1 Å². The SMILES string of the molecule is CSC1(CNc2nccnc2N)CC1. The van der Waals surface area contributed by atoms with Crippen molar-refractivity contribution in [2.24, 2.45) is 0 Å². The molecule has 0 saturated heterocycles. The zero-order valence-electron chi connectivity index (χ0n) is 8.16. The van der Waals surface area contributed by atoms with Gasteiger partial charge in [0, 0.05) is 23.7 Å². The Hall–Kier alpha value is -0.970. The van der Waals surface area contributed by atoms with Gasteiger partial charge in [-0.1, -0.05) is 0 Å². The lowest BCUT2D eigenvalue weighted by Crippen LogP contribution is -2.19. The molecule has 0 aliphatic heterocycles. The molecule has 0 aromatic carbocycles. The molecular formula is C9H14N4S. The van der Waals surface area contributed by atoms with Crippen molar-refractivity contribution in [1.29, 1.82) is 0 Å². The van der Waals surface area contributed by atoms with Crippen molar-refractivity contribution in [3.05, 3.63) is 12.4 Å². The summed E-state index contributed by atoms with van der Waals surface area (Å²) in [5, 5.41) is 3.25. The Labute approximate surface area is 87.7 Å². The number of nitrogens with one attached hydrogen (secondary N) is 1. The second kappa shape index (κ2) is 3.65. The van der Waals surface area contributed by atoms with E-state index in [-0.39, 0.29) is 0 Å². The molecule has 1 aromatic heterocycles. The molecule has 1 aromatic rings. The summed E-state index contributed by atoms with van der Waals surface area (Å²) in [7, 11) is 0. The Kier molecular flexibility index (Phi) is 2.50. The van der Waals surface area contributed by atoms with Gasteiger partial charge in [-0.2, -0.15) is 11.8 Å². The molecule has 4 nitrogen and oxygen atoms in total. The minimum absolute atomic E-state index is 0.421. The van der Waals surface area contributed by atoms with Crippen molar-refractivity contribution in [2.45, 2.75) is 17.6 Å². The highest BCUT2D eigenvalue weighted by molar-refractivity contribution is 8.00. The molecule has 3 N–H and O–H groups in total. The zero-order valence-corrected chi connectivity index (χ0v) is 8.97. The average Bonchev–Trinajstić information content (AvgIpc) is 2.98. The van der Waals surface area contributed by atoms with E-state index >= 15 is 0 Å². The highest BCUT2D eigenvalue weighted by Gasteiger charge is 2.41. The fourth-order valence-electron chi connectivity index (χ4n) is 1.32. The normalized spacial score (nSPS) is 17.8. The third kappa shape index (κ3) is 1.92. The maximum atomic E-state index is 5.67. The fraction of sp³-hybridized carbons (Fsp3) is 0.556. The topological polar surface area (TPSA) is 63.8 Å². The number of rotatable bonds is 4. The molecule has 0 spiro atoms. The number of nitrogens with zero attached hydrogens (tertiary/aromatic N) is 2. The number of hydrogen-bond donors (Lipinski definition) is 2. The quantitative estimate of drug-likeness (QED) is 0.785. The molecule has 2 rings (SSSR count). The second-order valence-corrected chi connectivity index (χ2v) is 4.81. The van der Waals surface area contributed by atoms with E-state index < -0.39 is 0 Å². The highest BCUT2D eigenvalue weighted by atomic mass is 32.2. The summed E-state index contributed by atoms with van der Waals surface area (Å²) in [6.07, 6.45) is 7.96. The molecule has 14 heavy (non-hydrogen) atoms. The molecule has 76 valence electrons. The van der Waals surface area contributed by atoms with Gasteiger partial charge in [0.1, 0.15) is 0 Å². The van der Waals surface area contributed by atoms with Crippen LogP contribution in [0.4, 0.5) is 11.6 Å². The molecule has 1 aliphatic carbocycles. The van der Waals surface area contributed by atoms with Crippen LogP contribution in [0.1, 0.15) is 12.8 Å². The summed E-state index contributed by atoms with van der Waals surface area (Å²) in [6.45, 7) is 0.928. The minimum Gasteiger partial charge on any atom is -0.381 e. The molecule has 1 fully saturated rings. The van der Waals surface area contributed by atoms with Crippen LogP contribution in [0.25, 0.3) is 0 Å². The number of anilines is 2. The Bertz CT molecular complexity index is 324. The molecule has 0 atom stereocenters. The van der Waals surface area contributed by atoms with Gasteiger partial charge in [-0.25, -0.2) is 9.97 Å². The van der Waals surface area contributed by atoms with E-state index in [4.69, 9.17) is 5.73 Å². The van der Waals surface area contributed by atoms with Crippen LogP contribution in [-0.2, 0) is 0 Å². The molecule has 0 unspecified atom stereocenters. The molecule has 0 radical (unpaired) electrons. The second-order valence-electron chi connectivity index (χ2n) is 3.53. The molecule has 0 bridgehead atoms. The first-order valence-electron chi connectivity index (χ1n) is 4.61. The largest absolute Gasteiger partial charge is 0.381 e.